The van der Waals surface area contributed by atoms with Gasteiger partial charge in [-0.1, -0.05) is 25.2 Å². The van der Waals surface area contributed by atoms with Gasteiger partial charge in [0.25, 0.3) is 5.56 Å². The van der Waals surface area contributed by atoms with E-state index >= 15 is 0 Å². The molecule has 0 saturated carbocycles. The highest BCUT2D eigenvalue weighted by Crippen LogP contribution is 2.19. The number of amides is 1. The fourth-order valence-corrected chi connectivity index (χ4v) is 3.54. The molecule has 1 amide bonds. The first-order valence-corrected chi connectivity index (χ1v) is 8.88. The SMILES string of the molecule is Cc1[nH]c(=O)c(C#N)c(C)c1CCC(=O)Nc1nnc(CC(C)C)s1. The molecule has 0 atom stereocenters. The van der Waals surface area contributed by atoms with Gasteiger partial charge in [-0.15, -0.1) is 10.2 Å². The smallest absolute Gasteiger partial charge is 0.266 e. The minimum absolute atomic E-state index is 0.100. The predicted octanol–water partition coefficient (Wildman–Crippen LogP) is 2.48. The lowest BCUT2D eigenvalue weighted by atomic mass is 9.99. The van der Waals surface area contributed by atoms with E-state index < -0.39 is 5.56 Å². The zero-order valence-electron chi connectivity index (χ0n) is 14.8. The minimum Gasteiger partial charge on any atom is -0.325 e. The number of nitrogens with one attached hydrogen (secondary N) is 2. The van der Waals surface area contributed by atoms with Crippen molar-refractivity contribution in [2.24, 2.45) is 5.92 Å². The summed E-state index contributed by atoms with van der Waals surface area (Å²) in [6.07, 6.45) is 1.50. The molecule has 0 aromatic carbocycles. The minimum atomic E-state index is -0.391. The normalized spacial score (nSPS) is 10.7. The summed E-state index contributed by atoms with van der Waals surface area (Å²) in [6, 6.07) is 1.92. The highest BCUT2D eigenvalue weighted by Gasteiger charge is 2.14. The van der Waals surface area contributed by atoms with Crippen molar-refractivity contribution >= 4 is 22.4 Å². The summed E-state index contributed by atoms with van der Waals surface area (Å²) in [4.78, 5) is 26.5. The number of carbonyl (C=O) groups is 1. The molecule has 2 aromatic heterocycles. The molecule has 0 aliphatic rings. The van der Waals surface area contributed by atoms with Crippen molar-refractivity contribution in [3.63, 3.8) is 0 Å². The van der Waals surface area contributed by atoms with E-state index in [1.807, 2.05) is 6.07 Å². The van der Waals surface area contributed by atoms with E-state index in [0.29, 0.717) is 28.7 Å². The molecule has 2 rings (SSSR count). The summed E-state index contributed by atoms with van der Waals surface area (Å²) in [5, 5.41) is 21.3. The molecule has 0 fully saturated rings. The van der Waals surface area contributed by atoms with Crippen LogP contribution in [0.3, 0.4) is 0 Å². The van der Waals surface area contributed by atoms with Crippen molar-refractivity contribution in [1.82, 2.24) is 15.2 Å². The van der Waals surface area contributed by atoms with Crippen LogP contribution in [0.1, 0.15) is 47.7 Å². The standard InChI is InChI=1S/C17H21N5O2S/c1-9(2)7-15-21-22-17(25-15)20-14(23)6-5-12-10(3)13(8-18)16(24)19-11(12)4/h9H,5-7H2,1-4H3,(H,19,24)(H,20,22,23). The van der Waals surface area contributed by atoms with Gasteiger partial charge in [-0.05, 0) is 37.3 Å². The lowest BCUT2D eigenvalue weighted by Gasteiger charge is -2.10. The Bertz CT molecular complexity index is 876. The van der Waals surface area contributed by atoms with E-state index in [4.69, 9.17) is 5.26 Å². The summed E-state index contributed by atoms with van der Waals surface area (Å²) in [5.41, 5.74) is 1.85. The van der Waals surface area contributed by atoms with E-state index in [1.165, 1.54) is 11.3 Å². The number of nitriles is 1. The molecule has 7 nitrogen and oxygen atoms in total. The summed E-state index contributed by atoms with van der Waals surface area (Å²) in [6.45, 7) is 7.71. The molecule has 0 aliphatic carbocycles. The van der Waals surface area contributed by atoms with Crippen LogP contribution in [0.2, 0.25) is 0 Å². The van der Waals surface area contributed by atoms with Gasteiger partial charge in [0.05, 0.1) is 0 Å². The third-order valence-corrected chi connectivity index (χ3v) is 4.68. The first-order valence-electron chi connectivity index (χ1n) is 8.06. The molecule has 0 bridgehead atoms. The average Bonchev–Trinajstić information content (AvgIpc) is 2.93. The Morgan fingerprint density at radius 3 is 2.72 bits per heavy atom. The Morgan fingerprint density at radius 2 is 2.08 bits per heavy atom. The third kappa shape index (κ3) is 4.73. The van der Waals surface area contributed by atoms with Crippen LogP contribution in [0.4, 0.5) is 5.13 Å². The second kappa shape index (κ2) is 8.03. The number of carbonyl (C=O) groups excluding carboxylic acids is 1. The molecule has 0 aliphatic heterocycles. The maximum Gasteiger partial charge on any atom is 0.266 e. The molecule has 25 heavy (non-hydrogen) atoms. The van der Waals surface area contributed by atoms with Crippen molar-refractivity contribution in [2.75, 3.05) is 5.32 Å². The topological polar surface area (TPSA) is 112 Å². The number of aryl methyl sites for hydroxylation is 1. The lowest BCUT2D eigenvalue weighted by molar-refractivity contribution is -0.116. The first kappa shape index (κ1) is 18.8. The second-order valence-electron chi connectivity index (χ2n) is 6.32. The summed E-state index contributed by atoms with van der Waals surface area (Å²) >= 11 is 1.38. The molecule has 0 unspecified atom stereocenters. The van der Waals surface area contributed by atoms with Crippen LogP contribution in [0.5, 0.6) is 0 Å². The van der Waals surface area contributed by atoms with Gasteiger partial charge in [0, 0.05) is 18.5 Å². The fraction of sp³-hybridized carbons (Fsp3) is 0.471. The van der Waals surface area contributed by atoms with Gasteiger partial charge in [-0.3, -0.25) is 9.59 Å². The summed E-state index contributed by atoms with van der Waals surface area (Å²) in [7, 11) is 0. The van der Waals surface area contributed by atoms with Crippen molar-refractivity contribution in [3.8, 4) is 6.07 Å². The van der Waals surface area contributed by atoms with Gasteiger partial charge in [0.2, 0.25) is 11.0 Å². The highest BCUT2D eigenvalue weighted by molar-refractivity contribution is 7.15. The van der Waals surface area contributed by atoms with Crippen molar-refractivity contribution < 1.29 is 4.79 Å². The molecule has 0 spiro atoms. The van der Waals surface area contributed by atoms with Gasteiger partial charge < -0.3 is 10.3 Å². The Kier molecular flexibility index (Phi) is 6.04. The van der Waals surface area contributed by atoms with E-state index in [9.17, 15) is 9.59 Å². The van der Waals surface area contributed by atoms with E-state index in [0.717, 1.165) is 17.0 Å². The maximum atomic E-state index is 12.2. The zero-order valence-corrected chi connectivity index (χ0v) is 15.6. The van der Waals surface area contributed by atoms with Crippen molar-refractivity contribution in [3.05, 3.63) is 37.7 Å². The third-order valence-electron chi connectivity index (χ3n) is 3.82. The number of aromatic nitrogens is 3. The number of hydrogen-bond donors (Lipinski definition) is 2. The van der Waals surface area contributed by atoms with Gasteiger partial charge in [-0.25, -0.2) is 0 Å². The van der Waals surface area contributed by atoms with E-state index in [1.54, 1.807) is 13.8 Å². The molecule has 2 heterocycles. The number of nitrogens with zero attached hydrogens (tertiary/aromatic N) is 3. The molecular weight excluding hydrogens is 338 g/mol. The van der Waals surface area contributed by atoms with Gasteiger partial charge >= 0.3 is 0 Å². The Labute approximate surface area is 150 Å². The second-order valence-corrected chi connectivity index (χ2v) is 7.38. The highest BCUT2D eigenvalue weighted by atomic mass is 32.1. The predicted molar refractivity (Wildman–Crippen MR) is 96.7 cm³/mol. The van der Waals surface area contributed by atoms with Crippen LogP contribution in [0.25, 0.3) is 0 Å². The van der Waals surface area contributed by atoms with Gasteiger partial charge in [-0.2, -0.15) is 5.26 Å². The number of aromatic amines is 1. The monoisotopic (exact) mass is 359 g/mol. The van der Waals surface area contributed by atoms with Crippen LogP contribution in [0, 0.1) is 31.1 Å². The zero-order chi connectivity index (χ0) is 18.6. The molecule has 8 heteroatoms. The molecule has 0 radical (unpaired) electrons. The summed E-state index contributed by atoms with van der Waals surface area (Å²) in [5.74, 6) is 0.313. The number of rotatable bonds is 6. The molecular formula is C17H21N5O2S. The molecule has 2 N–H and O–H groups in total. The van der Waals surface area contributed by atoms with E-state index in [2.05, 4.69) is 34.3 Å². The van der Waals surface area contributed by atoms with Gasteiger partial charge in [0.15, 0.2) is 0 Å². The quantitative estimate of drug-likeness (QED) is 0.823. The van der Waals surface area contributed by atoms with Crippen molar-refractivity contribution in [1.29, 1.82) is 5.26 Å². The molecule has 2 aromatic rings. The van der Waals surface area contributed by atoms with Crippen LogP contribution >= 0.6 is 11.3 Å². The maximum absolute atomic E-state index is 12.2. The molecule has 0 saturated heterocycles. The number of pyridine rings is 1. The number of anilines is 1. The van der Waals surface area contributed by atoms with Gasteiger partial charge in [0.1, 0.15) is 16.6 Å². The van der Waals surface area contributed by atoms with Crippen LogP contribution in [-0.4, -0.2) is 21.1 Å². The first-order chi connectivity index (χ1) is 11.8. The van der Waals surface area contributed by atoms with Crippen molar-refractivity contribution in [2.45, 2.75) is 47.0 Å². The van der Waals surface area contributed by atoms with Crippen LogP contribution < -0.4 is 10.9 Å². The number of hydrogen-bond acceptors (Lipinski definition) is 6. The van der Waals surface area contributed by atoms with E-state index in [-0.39, 0.29) is 17.9 Å². The van der Waals surface area contributed by atoms with Crippen LogP contribution in [0.15, 0.2) is 4.79 Å². The van der Waals surface area contributed by atoms with Crippen LogP contribution in [-0.2, 0) is 17.6 Å². The number of H-pyrrole nitrogens is 1. The molecule has 132 valence electrons. The Hall–Kier alpha value is -2.53. The Morgan fingerprint density at radius 1 is 1.36 bits per heavy atom. The lowest BCUT2D eigenvalue weighted by Crippen LogP contribution is -2.18. The largest absolute Gasteiger partial charge is 0.325 e. The average molecular weight is 359 g/mol. The fourth-order valence-electron chi connectivity index (χ4n) is 2.58. The Balaban J connectivity index is 2.02. The summed E-state index contributed by atoms with van der Waals surface area (Å²) < 4.78 is 0.